The third kappa shape index (κ3) is 6.44. The summed E-state index contributed by atoms with van der Waals surface area (Å²) >= 11 is 0. The SMILES string of the molecule is CCOC(=O)C1=C(CN2CCN(C(=O)c3cccc(F)c3)CC2)N(C)C(=O)N[C@@H]1c1cccc(Oc2ccccc2)c1. The highest BCUT2D eigenvalue weighted by Gasteiger charge is 2.38. The number of nitrogens with zero attached hydrogens (tertiary/aromatic N) is 3. The number of halogens is 1. The number of hydrogen-bond donors (Lipinski definition) is 1. The van der Waals surface area contributed by atoms with Crippen molar-refractivity contribution in [3.05, 3.63) is 107 Å². The summed E-state index contributed by atoms with van der Waals surface area (Å²) in [5, 5.41) is 2.95. The first-order valence-corrected chi connectivity index (χ1v) is 13.9. The zero-order valence-electron chi connectivity index (χ0n) is 23.6. The molecule has 2 aliphatic rings. The predicted octanol–water partition coefficient (Wildman–Crippen LogP) is 4.59. The number of rotatable bonds is 8. The van der Waals surface area contributed by atoms with Crippen LogP contribution in [0.15, 0.2) is 90.1 Å². The Kier molecular flexibility index (Phi) is 8.83. The van der Waals surface area contributed by atoms with Gasteiger partial charge in [-0.25, -0.2) is 14.0 Å². The lowest BCUT2D eigenvalue weighted by Crippen LogP contribution is -2.53. The van der Waals surface area contributed by atoms with Gasteiger partial charge in [-0.2, -0.15) is 0 Å². The molecule has 9 nitrogen and oxygen atoms in total. The number of para-hydroxylation sites is 1. The van der Waals surface area contributed by atoms with Crippen molar-refractivity contribution in [3.8, 4) is 11.5 Å². The summed E-state index contributed by atoms with van der Waals surface area (Å²) in [6.45, 7) is 4.10. The van der Waals surface area contributed by atoms with Gasteiger partial charge in [0.25, 0.3) is 5.91 Å². The largest absolute Gasteiger partial charge is 0.463 e. The molecule has 2 heterocycles. The van der Waals surface area contributed by atoms with Crippen molar-refractivity contribution in [3.63, 3.8) is 0 Å². The first-order valence-electron chi connectivity index (χ1n) is 13.9. The highest BCUT2D eigenvalue weighted by Crippen LogP contribution is 2.34. The normalized spacial score (nSPS) is 17.6. The van der Waals surface area contributed by atoms with E-state index in [0.29, 0.717) is 66.6 Å². The van der Waals surface area contributed by atoms with E-state index in [4.69, 9.17) is 9.47 Å². The van der Waals surface area contributed by atoms with Crippen molar-refractivity contribution in [2.45, 2.75) is 13.0 Å². The van der Waals surface area contributed by atoms with Crippen LogP contribution in [0, 0.1) is 5.82 Å². The van der Waals surface area contributed by atoms with Gasteiger partial charge >= 0.3 is 12.0 Å². The Morgan fingerprint density at radius 1 is 0.929 bits per heavy atom. The molecule has 0 aromatic heterocycles. The molecule has 3 amide bonds. The summed E-state index contributed by atoms with van der Waals surface area (Å²) in [6.07, 6.45) is 0. The van der Waals surface area contributed by atoms with Gasteiger partial charge in [0.05, 0.1) is 18.2 Å². The second kappa shape index (κ2) is 12.9. The number of esters is 1. The molecule has 0 aliphatic carbocycles. The van der Waals surface area contributed by atoms with Gasteiger partial charge in [-0.05, 0) is 55.0 Å². The predicted molar refractivity (Wildman–Crippen MR) is 154 cm³/mol. The maximum absolute atomic E-state index is 13.7. The molecular weight excluding hydrogens is 539 g/mol. The van der Waals surface area contributed by atoms with Crippen LogP contribution in [0.2, 0.25) is 0 Å². The van der Waals surface area contributed by atoms with Gasteiger partial charge in [-0.15, -0.1) is 0 Å². The average Bonchev–Trinajstić information content (AvgIpc) is 3.00. The molecule has 0 spiro atoms. The zero-order valence-corrected chi connectivity index (χ0v) is 23.6. The molecule has 218 valence electrons. The van der Waals surface area contributed by atoms with Gasteiger partial charge in [0.15, 0.2) is 0 Å². The van der Waals surface area contributed by atoms with Gasteiger partial charge in [-0.1, -0.05) is 36.4 Å². The molecule has 10 heteroatoms. The van der Waals surface area contributed by atoms with Crippen molar-refractivity contribution >= 4 is 17.9 Å². The van der Waals surface area contributed by atoms with Gasteiger partial charge in [0, 0.05) is 51.0 Å². The molecule has 3 aromatic carbocycles. The molecule has 0 saturated carbocycles. The van der Waals surface area contributed by atoms with Crippen LogP contribution in [-0.4, -0.2) is 79.0 Å². The van der Waals surface area contributed by atoms with Crippen LogP contribution in [-0.2, 0) is 9.53 Å². The van der Waals surface area contributed by atoms with E-state index >= 15 is 0 Å². The number of hydrogen-bond acceptors (Lipinski definition) is 6. The standard InChI is InChI=1S/C32H33FN4O5/c1-3-41-31(39)28-27(21-36-15-17-37(18-16-36)30(38)23-10-7-11-24(33)19-23)35(2)32(40)34-29(28)22-9-8-14-26(20-22)42-25-12-5-4-6-13-25/h4-14,19-20,29H,3,15-18,21H2,1-2H3,(H,34,40)/t29-/m1/s1. The highest BCUT2D eigenvalue weighted by atomic mass is 19.1. The van der Waals surface area contributed by atoms with E-state index in [0.717, 1.165) is 0 Å². The summed E-state index contributed by atoms with van der Waals surface area (Å²) < 4.78 is 25.1. The Balaban J connectivity index is 1.39. The minimum absolute atomic E-state index is 0.179. The summed E-state index contributed by atoms with van der Waals surface area (Å²) in [5.74, 6) is 0.0314. The number of benzene rings is 3. The summed E-state index contributed by atoms with van der Waals surface area (Å²) in [4.78, 5) is 44.7. The molecule has 2 aliphatic heterocycles. The van der Waals surface area contributed by atoms with Gasteiger partial charge in [0.2, 0.25) is 0 Å². The number of amides is 3. The van der Waals surface area contributed by atoms with E-state index in [2.05, 4.69) is 10.2 Å². The van der Waals surface area contributed by atoms with E-state index in [-0.39, 0.29) is 18.5 Å². The van der Waals surface area contributed by atoms with Crippen molar-refractivity contribution in [1.29, 1.82) is 0 Å². The fourth-order valence-electron chi connectivity index (χ4n) is 5.16. The Labute approximate surface area is 244 Å². The Bertz CT molecular complexity index is 1490. The third-order valence-electron chi connectivity index (χ3n) is 7.35. The minimum Gasteiger partial charge on any atom is -0.463 e. The molecule has 0 radical (unpaired) electrons. The van der Waals surface area contributed by atoms with E-state index in [9.17, 15) is 18.8 Å². The quantitative estimate of drug-likeness (QED) is 0.397. The fourth-order valence-corrected chi connectivity index (χ4v) is 5.16. The Hall–Kier alpha value is -4.70. The number of piperazine rings is 1. The van der Waals surface area contributed by atoms with Crippen molar-refractivity contribution in [1.82, 2.24) is 20.0 Å². The maximum atomic E-state index is 13.7. The van der Waals surface area contributed by atoms with Gasteiger partial charge in [0.1, 0.15) is 17.3 Å². The molecule has 5 rings (SSSR count). The summed E-state index contributed by atoms with van der Waals surface area (Å²) in [7, 11) is 1.62. The number of carbonyl (C=O) groups is 3. The van der Waals surface area contributed by atoms with Gasteiger partial charge < -0.3 is 19.7 Å². The Morgan fingerprint density at radius 2 is 1.64 bits per heavy atom. The summed E-state index contributed by atoms with van der Waals surface area (Å²) in [6, 6.07) is 21.2. The number of likely N-dealkylation sites (N-methyl/N-ethyl adjacent to an activating group) is 1. The van der Waals surface area contributed by atoms with E-state index in [1.54, 1.807) is 31.0 Å². The first-order chi connectivity index (χ1) is 20.3. The van der Waals surface area contributed by atoms with E-state index in [1.807, 2.05) is 48.5 Å². The zero-order chi connectivity index (χ0) is 29.6. The lowest BCUT2D eigenvalue weighted by Gasteiger charge is -2.39. The molecule has 0 bridgehead atoms. The van der Waals surface area contributed by atoms with Crippen LogP contribution in [0.5, 0.6) is 11.5 Å². The monoisotopic (exact) mass is 572 g/mol. The second-order valence-electron chi connectivity index (χ2n) is 10.1. The fraction of sp³-hybridized carbons (Fsp3) is 0.281. The van der Waals surface area contributed by atoms with Crippen LogP contribution in [0.25, 0.3) is 0 Å². The molecule has 42 heavy (non-hydrogen) atoms. The number of urea groups is 1. The van der Waals surface area contributed by atoms with Crippen LogP contribution in [0.4, 0.5) is 9.18 Å². The molecular formula is C32H33FN4O5. The molecule has 1 fully saturated rings. The van der Waals surface area contributed by atoms with Crippen LogP contribution in [0.3, 0.4) is 0 Å². The van der Waals surface area contributed by atoms with Crippen molar-refractivity contribution in [2.75, 3.05) is 46.4 Å². The molecule has 3 aromatic rings. The average molecular weight is 573 g/mol. The Morgan fingerprint density at radius 3 is 2.36 bits per heavy atom. The number of carbonyl (C=O) groups excluding carboxylic acids is 3. The molecule has 1 saturated heterocycles. The van der Waals surface area contributed by atoms with E-state index < -0.39 is 17.8 Å². The maximum Gasteiger partial charge on any atom is 0.338 e. The molecule has 1 atom stereocenters. The molecule has 1 N–H and O–H groups in total. The third-order valence-corrected chi connectivity index (χ3v) is 7.35. The minimum atomic E-state index is -0.752. The van der Waals surface area contributed by atoms with Crippen molar-refractivity contribution < 1.29 is 28.2 Å². The first kappa shape index (κ1) is 28.8. The van der Waals surface area contributed by atoms with Crippen molar-refractivity contribution in [2.24, 2.45) is 0 Å². The van der Waals surface area contributed by atoms with Crippen LogP contribution >= 0.6 is 0 Å². The van der Waals surface area contributed by atoms with Gasteiger partial charge in [-0.3, -0.25) is 14.6 Å². The highest BCUT2D eigenvalue weighted by molar-refractivity contribution is 5.95. The number of ether oxygens (including phenoxy) is 2. The second-order valence-corrected chi connectivity index (χ2v) is 10.1. The van der Waals surface area contributed by atoms with Crippen LogP contribution < -0.4 is 10.1 Å². The lowest BCUT2D eigenvalue weighted by atomic mass is 9.94. The lowest BCUT2D eigenvalue weighted by molar-refractivity contribution is -0.139. The molecule has 0 unspecified atom stereocenters. The van der Waals surface area contributed by atoms with E-state index in [1.165, 1.54) is 23.1 Å². The topological polar surface area (TPSA) is 91.4 Å². The summed E-state index contributed by atoms with van der Waals surface area (Å²) in [5.41, 5.74) is 1.85. The number of nitrogens with one attached hydrogen (secondary N) is 1. The smallest absolute Gasteiger partial charge is 0.338 e. The van der Waals surface area contributed by atoms with Crippen LogP contribution in [0.1, 0.15) is 28.9 Å².